The predicted octanol–water partition coefficient (Wildman–Crippen LogP) is 2.46. The molecule has 0 aliphatic rings. The first-order valence-electron chi connectivity index (χ1n) is 6.19. The fourth-order valence-corrected chi connectivity index (χ4v) is 1.52. The van der Waals surface area contributed by atoms with Gasteiger partial charge in [-0.25, -0.2) is 0 Å². The SMILES string of the molecule is CCC(C)NC(=NC)NCc1ccccc1C. The molecular formula is C14H23N3. The second-order valence-corrected chi connectivity index (χ2v) is 4.31. The van der Waals surface area contributed by atoms with Crippen molar-refractivity contribution in [1.82, 2.24) is 10.6 Å². The predicted molar refractivity (Wildman–Crippen MR) is 74.3 cm³/mol. The Kier molecular flexibility index (Phi) is 5.53. The Balaban J connectivity index is 2.52. The molecule has 0 spiro atoms. The first-order valence-corrected chi connectivity index (χ1v) is 6.19. The first kappa shape index (κ1) is 13.6. The fourth-order valence-electron chi connectivity index (χ4n) is 1.52. The van der Waals surface area contributed by atoms with E-state index in [2.05, 4.69) is 60.7 Å². The largest absolute Gasteiger partial charge is 0.354 e. The van der Waals surface area contributed by atoms with Gasteiger partial charge in [0.1, 0.15) is 0 Å². The smallest absolute Gasteiger partial charge is 0.191 e. The van der Waals surface area contributed by atoms with Gasteiger partial charge in [-0.05, 0) is 31.4 Å². The maximum atomic E-state index is 4.22. The summed E-state index contributed by atoms with van der Waals surface area (Å²) in [4.78, 5) is 4.22. The highest BCUT2D eigenvalue weighted by Crippen LogP contribution is 2.05. The molecule has 17 heavy (non-hydrogen) atoms. The van der Waals surface area contributed by atoms with Crippen LogP contribution in [0.5, 0.6) is 0 Å². The number of aliphatic imine (C=N–C) groups is 1. The van der Waals surface area contributed by atoms with Crippen LogP contribution in [0.4, 0.5) is 0 Å². The topological polar surface area (TPSA) is 36.4 Å². The van der Waals surface area contributed by atoms with E-state index in [0.717, 1.165) is 18.9 Å². The molecular weight excluding hydrogens is 210 g/mol. The molecule has 0 bridgehead atoms. The summed E-state index contributed by atoms with van der Waals surface area (Å²) < 4.78 is 0. The van der Waals surface area contributed by atoms with Gasteiger partial charge < -0.3 is 10.6 Å². The van der Waals surface area contributed by atoms with E-state index in [4.69, 9.17) is 0 Å². The van der Waals surface area contributed by atoms with Crippen LogP contribution in [-0.4, -0.2) is 19.0 Å². The molecule has 1 rings (SSSR count). The molecule has 2 N–H and O–H groups in total. The number of nitrogens with one attached hydrogen (secondary N) is 2. The minimum absolute atomic E-state index is 0.443. The maximum Gasteiger partial charge on any atom is 0.191 e. The molecule has 0 saturated carbocycles. The highest BCUT2D eigenvalue weighted by Gasteiger charge is 2.03. The first-order chi connectivity index (χ1) is 8.17. The summed E-state index contributed by atoms with van der Waals surface area (Å²) in [5, 5.41) is 6.68. The second kappa shape index (κ2) is 6.94. The van der Waals surface area contributed by atoms with Gasteiger partial charge in [0.15, 0.2) is 5.96 Å². The lowest BCUT2D eigenvalue weighted by molar-refractivity contribution is 0.624. The molecule has 3 heteroatoms. The van der Waals surface area contributed by atoms with Gasteiger partial charge >= 0.3 is 0 Å². The zero-order chi connectivity index (χ0) is 12.7. The second-order valence-electron chi connectivity index (χ2n) is 4.31. The quantitative estimate of drug-likeness (QED) is 0.619. The third kappa shape index (κ3) is 4.47. The molecule has 1 atom stereocenters. The van der Waals surface area contributed by atoms with Crippen molar-refractivity contribution in [2.24, 2.45) is 4.99 Å². The number of guanidine groups is 1. The Labute approximate surface area is 104 Å². The molecule has 0 aliphatic heterocycles. The molecule has 1 aromatic rings. The molecule has 0 aliphatic carbocycles. The van der Waals surface area contributed by atoms with Gasteiger partial charge in [0.05, 0.1) is 0 Å². The van der Waals surface area contributed by atoms with E-state index in [1.165, 1.54) is 11.1 Å². The Morgan fingerprint density at radius 1 is 1.35 bits per heavy atom. The van der Waals surface area contributed by atoms with Gasteiger partial charge in [-0.1, -0.05) is 31.2 Å². The Morgan fingerprint density at radius 2 is 2.06 bits per heavy atom. The van der Waals surface area contributed by atoms with Crippen molar-refractivity contribution in [2.75, 3.05) is 7.05 Å². The van der Waals surface area contributed by atoms with Gasteiger partial charge in [0, 0.05) is 19.6 Å². The highest BCUT2D eigenvalue weighted by molar-refractivity contribution is 5.79. The fraction of sp³-hybridized carbons (Fsp3) is 0.500. The third-order valence-electron chi connectivity index (χ3n) is 2.93. The standard InChI is InChI=1S/C14H23N3/c1-5-12(3)17-14(15-4)16-10-13-9-7-6-8-11(13)2/h6-9,12H,5,10H2,1-4H3,(H2,15,16,17). The number of nitrogens with zero attached hydrogens (tertiary/aromatic N) is 1. The number of hydrogen-bond donors (Lipinski definition) is 2. The molecule has 0 amide bonds. The lowest BCUT2D eigenvalue weighted by atomic mass is 10.1. The number of benzene rings is 1. The van der Waals surface area contributed by atoms with Crippen LogP contribution in [0, 0.1) is 6.92 Å². The molecule has 1 aromatic carbocycles. The van der Waals surface area contributed by atoms with Crippen molar-refractivity contribution in [3.05, 3.63) is 35.4 Å². The Bertz CT molecular complexity index is 371. The van der Waals surface area contributed by atoms with Crippen LogP contribution in [0.25, 0.3) is 0 Å². The summed E-state index contributed by atoms with van der Waals surface area (Å²) in [5.74, 6) is 0.864. The summed E-state index contributed by atoms with van der Waals surface area (Å²) >= 11 is 0. The normalized spacial score (nSPS) is 13.3. The zero-order valence-electron chi connectivity index (χ0n) is 11.2. The van der Waals surface area contributed by atoms with Crippen molar-refractivity contribution < 1.29 is 0 Å². The van der Waals surface area contributed by atoms with Gasteiger partial charge in [-0.2, -0.15) is 0 Å². The van der Waals surface area contributed by atoms with Gasteiger partial charge in [-0.15, -0.1) is 0 Å². The van der Waals surface area contributed by atoms with E-state index < -0.39 is 0 Å². The lowest BCUT2D eigenvalue weighted by Crippen LogP contribution is -2.41. The van der Waals surface area contributed by atoms with E-state index >= 15 is 0 Å². The van der Waals surface area contributed by atoms with Gasteiger partial charge in [0.25, 0.3) is 0 Å². The van der Waals surface area contributed by atoms with Gasteiger partial charge in [-0.3, -0.25) is 4.99 Å². The Morgan fingerprint density at radius 3 is 2.65 bits per heavy atom. The molecule has 0 heterocycles. The average molecular weight is 233 g/mol. The zero-order valence-corrected chi connectivity index (χ0v) is 11.2. The van der Waals surface area contributed by atoms with Crippen molar-refractivity contribution in [3.63, 3.8) is 0 Å². The van der Waals surface area contributed by atoms with E-state index in [1.807, 2.05) is 0 Å². The van der Waals surface area contributed by atoms with E-state index in [0.29, 0.717) is 6.04 Å². The summed E-state index contributed by atoms with van der Waals surface area (Å²) in [7, 11) is 1.80. The molecule has 0 aromatic heterocycles. The van der Waals surface area contributed by atoms with Crippen LogP contribution in [0.3, 0.4) is 0 Å². The van der Waals surface area contributed by atoms with Crippen LogP contribution in [0.2, 0.25) is 0 Å². The minimum Gasteiger partial charge on any atom is -0.354 e. The minimum atomic E-state index is 0.443. The van der Waals surface area contributed by atoms with Crippen LogP contribution < -0.4 is 10.6 Å². The molecule has 0 saturated heterocycles. The van der Waals surface area contributed by atoms with E-state index in [1.54, 1.807) is 7.05 Å². The molecule has 0 fully saturated rings. The van der Waals surface area contributed by atoms with Crippen molar-refractivity contribution in [1.29, 1.82) is 0 Å². The number of hydrogen-bond acceptors (Lipinski definition) is 1. The third-order valence-corrected chi connectivity index (χ3v) is 2.93. The van der Waals surface area contributed by atoms with Crippen molar-refractivity contribution >= 4 is 5.96 Å². The number of aryl methyl sites for hydroxylation is 1. The van der Waals surface area contributed by atoms with Crippen LogP contribution >= 0.6 is 0 Å². The molecule has 3 nitrogen and oxygen atoms in total. The maximum absolute atomic E-state index is 4.22. The summed E-state index contributed by atoms with van der Waals surface area (Å²) in [6.07, 6.45) is 1.09. The van der Waals surface area contributed by atoms with E-state index in [-0.39, 0.29) is 0 Å². The van der Waals surface area contributed by atoms with Crippen molar-refractivity contribution in [2.45, 2.75) is 39.8 Å². The molecule has 1 unspecified atom stereocenters. The lowest BCUT2D eigenvalue weighted by Gasteiger charge is -2.17. The summed E-state index contributed by atoms with van der Waals surface area (Å²) in [6.45, 7) is 7.25. The molecule has 0 radical (unpaired) electrons. The van der Waals surface area contributed by atoms with Crippen LogP contribution in [0.1, 0.15) is 31.4 Å². The Hall–Kier alpha value is -1.51. The number of rotatable bonds is 4. The van der Waals surface area contributed by atoms with Gasteiger partial charge in [0.2, 0.25) is 0 Å². The summed E-state index contributed by atoms with van der Waals surface area (Å²) in [5.41, 5.74) is 2.61. The average Bonchev–Trinajstić information content (AvgIpc) is 2.35. The monoisotopic (exact) mass is 233 g/mol. The highest BCUT2D eigenvalue weighted by atomic mass is 15.2. The van der Waals surface area contributed by atoms with Crippen LogP contribution in [0.15, 0.2) is 29.3 Å². The van der Waals surface area contributed by atoms with Crippen LogP contribution in [-0.2, 0) is 6.54 Å². The summed E-state index contributed by atoms with van der Waals surface area (Å²) in [6, 6.07) is 8.83. The van der Waals surface area contributed by atoms with E-state index in [9.17, 15) is 0 Å². The van der Waals surface area contributed by atoms with Crippen molar-refractivity contribution in [3.8, 4) is 0 Å². The molecule has 94 valence electrons.